The lowest BCUT2D eigenvalue weighted by atomic mass is 9.93. The van der Waals surface area contributed by atoms with Gasteiger partial charge in [0.25, 0.3) is 0 Å². The molecule has 0 bridgehead atoms. The van der Waals surface area contributed by atoms with Gasteiger partial charge in [0.05, 0.1) is 10.7 Å². The minimum Gasteiger partial charge on any atom is -0.316 e. The molecule has 18 heavy (non-hydrogen) atoms. The maximum atomic E-state index is 4.70. The summed E-state index contributed by atoms with van der Waals surface area (Å²) < 4.78 is 0. The van der Waals surface area contributed by atoms with E-state index in [2.05, 4.69) is 50.5 Å². The summed E-state index contributed by atoms with van der Waals surface area (Å²) in [6, 6.07) is 0. The van der Waals surface area contributed by atoms with Crippen molar-refractivity contribution in [1.82, 2.24) is 15.2 Å². The fourth-order valence-electron chi connectivity index (χ4n) is 1.61. The van der Waals surface area contributed by atoms with Crippen LogP contribution in [0.3, 0.4) is 0 Å². The van der Waals surface area contributed by atoms with Crippen molar-refractivity contribution in [3.8, 4) is 0 Å². The molecule has 0 aliphatic carbocycles. The number of nitrogens with one attached hydrogen (secondary N) is 1. The zero-order valence-electron chi connectivity index (χ0n) is 12.4. The van der Waals surface area contributed by atoms with Crippen LogP contribution in [0.2, 0.25) is 0 Å². The molecule has 1 N–H and O–H groups in total. The molecule has 104 valence electrons. The molecule has 1 aromatic rings. The van der Waals surface area contributed by atoms with E-state index < -0.39 is 0 Å². The van der Waals surface area contributed by atoms with Gasteiger partial charge in [-0.25, -0.2) is 4.98 Å². The molecule has 3 nitrogen and oxygen atoms in total. The lowest BCUT2D eigenvalue weighted by molar-refractivity contribution is 0.395. The highest BCUT2D eigenvalue weighted by atomic mass is 32.1. The highest BCUT2D eigenvalue weighted by Gasteiger charge is 2.16. The smallest absolute Gasteiger partial charge is 0.0941 e. The minimum absolute atomic E-state index is 0.174. The van der Waals surface area contributed by atoms with Crippen LogP contribution in [0.4, 0.5) is 0 Å². The van der Waals surface area contributed by atoms with E-state index in [9.17, 15) is 0 Å². The van der Waals surface area contributed by atoms with Gasteiger partial charge in [0.2, 0.25) is 0 Å². The molecule has 0 aliphatic heterocycles. The van der Waals surface area contributed by atoms with E-state index in [0.717, 1.165) is 26.1 Å². The average molecular weight is 269 g/mol. The molecule has 0 aromatic carbocycles. The first-order valence-electron chi connectivity index (χ1n) is 6.70. The van der Waals surface area contributed by atoms with Crippen LogP contribution in [0.5, 0.6) is 0 Å². The molecule has 0 aliphatic rings. The molecule has 0 saturated heterocycles. The van der Waals surface area contributed by atoms with Gasteiger partial charge in [-0.1, -0.05) is 20.8 Å². The minimum atomic E-state index is 0.174. The van der Waals surface area contributed by atoms with E-state index in [1.807, 2.05) is 0 Å². The Balaban J connectivity index is 2.18. The summed E-state index contributed by atoms with van der Waals surface area (Å²) in [5, 5.41) is 6.92. The number of aromatic nitrogens is 1. The predicted molar refractivity (Wildman–Crippen MR) is 80.6 cm³/mol. The molecular formula is C14H27N3S. The van der Waals surface area contributed by atoms with Crippen molar-refractivity contribution in [1.29, 1.82) is 0 Å². The third-order valence-corrected chi connectivity index (χ3v) is 3.70. The van der Waals surface area contributed by atoms with Crippen molar-refractivity contribution in [3.05, 3.63) is 16.1 Å². The SMILES string of the molecule is CN(C)CCCNCCc1nc(C(C)(C)C)cs1. The second kappa shape index (κ2) is 7.22. The van der Waals surface area contributed by atoms with Gasteiger partial charge in [-0.2, -0.15) is 0 Å². The maximum Gasteiger partial charge on any atom is 0.0941 e. The van der Waals surface area contributed by atoms with Gasteiger partial charge < -0.3 is 10.2 Å². The molecule has 0 radical (unpaired) electrons. The van der Waals surface area contributed by atoms with Gasteiger partial charge >= 0.3 is 0 Å². The molecule has 0 unspecified atom stereocenters. The van der Waals surface area contributed by atoms with Crippen LogP contribution in [0.1, 0.15) is 37.9 Å². The van der Waals surface area contributed by atoms with Crippen LogP contribution >= 0.6 is 11.3 Å². The second-order valence-electron chi connectivity index (χ2n) is 6.03. The largest absolute Gasteiger partial charge is 0.316 e. The molecule has 0 spiro atoms. The summed E-state index contributed by atoms with van der Waals surface area (Å²) >= 11 is 1.79. The Hall–Kier alpha value is -0.450. The van der Waals surface area contributed by atoms with Crippen LogP contribution in [-0.2, 0) is 11.8 Å². The first-order chi connectivity index (χ1) is 8.39. The first kappa shape index (κ1) is 15.6. The first-order valence-corrected chi connectivity index (χ1v) is 7.58. The molecule has 0 fully saturated rings. The van der Waals surface area contributed by atoms with E-state index in [4.69, 9.17) is 4.98 Å². The van der Waals surface area contributed by atoms with Crippen molar-refractivity contribution in [2.24, 2.45) is 0 Å². The Labute approximate surface area is 116 Å². The third kappa shape index (κ3) is 5.94. The maximum absolute atomic E-state index is 4.70. The van der Waals surface area contributed by atoms with E-state index in [-0.39, 0.29) is 5.41 Å². The average Bonchev–Trinajstić information content (AvgIpc) is 2.71. The van der Waals surface area contributed by atoms with Crippen molar-refractivity contribution >= 4 is 11.3 Å². The van der Waals surface area contributed by atoms with Crippen LogP contribution < -0.4 is 5.32 Å². The lowest BCUT2D eigenvalue weighted by Crippen LogP contribution is -2.23. The summed E-state index contributed by atoms with van der Waals surface area (Å²) in [5.41, 5.74) is 1.39. The quantitative estimate of drug-likeness (QED) is 0.771. The van der Waals surface area contributed by atoms with Gasteiger partial charge in [-0.15, -0.1) is 11.3 Å². The predicted octanol–water partition coefficient (Wildman–Crippen LogP) is 2.52. The molecule has 4 heteroatoms. The molecule has 0 amide bonds. The summed E-state index contributed by atoms with van der Waals surface area (Å²) in [6.07, 6.45) is 2.25. The van der Waals surface area contributed by atoms with E-state index in [1.165, 1.54) is 17.1 Å². The highest BCUT2D eigenvalue weighted by Crippen LogP contribution is 2.23. The molecule has 1 heterocycles. The van der Waals surface area contributed by atoms with E-state index in [1.54, 1.807) is 11.3 Å². The standard InChI is InChI=1S/C14H27N3S/c1-14(2,3)12-11-18-13(16-12)7-9-15-8-6-10-17(4)5/h11,15H,6-10H2,1-5H3. The highest BCUT2D eigenvalue weighted by molar-refractivity contribution is 7.09. The zero-order chi connectivity index (χ0) is 13.6. The normalized spacial score (nSPS) is 12.3. The monoisotopic (exact) mass is 269 g/mol. The topological polar surface area (TPSA) is 28.2 Å². The number of hydrogen-bond donors (Lipinski definition) is 1. The summed E-state index contributed by atoms with van der Waals surface area (Å²) in [7, 11) is 4.23. The van der Waals surface area contributed by atoms with Crippen LogP contribution in [0.15, 0.2) is 5.38 Å². The van der Waals surface area contributed by atoms with E-state index >= 15 is 0 Å². The van der Waals surface area contributed by atoms with Gasteiger partial charge in [0.15, 0.2) is 0 Å². The van der Waals surface area contributed by atoms with Gasteiger partial charge in [0, 0.05) is 23.8 Å². The lowest BCUT2D eigenvalue weighted by Gasteiger charge is -2.14. The number of hydrogen-bond acceptors (Lipinski definition) is 4. The van der Waals surface area contributed by atoms with Crippen LogP contribution in [0, 0.1) is 0 Å². The van der Waals surface area contributed by atoms with Crippen LogP contribution in [-0.4, -0.2) is 43.6 Å². The summed E-state index contributed by atoms with van der Waals surface area (Å²) in [4.78, 5) is 6.92. The molecule has 0 saturated carbocycles. The van der Waals surface area contributed by atoms with Crippen LogP contribution in [0.25, 0.3) is 0 Å². The Bertz CT molecular complexity index is 339. The van der Waals surface area contributed by atoms with E-state index in [0.29, 0.717) is 0 Å². The summed E-state index contributed by atoms with van der Waals surface area (Å²) in [6.45, 7) is 9.92. The van der Waals surface area contributed by atoms with Crippen molar-refractivity contribution in [3.63, 3.8) is 0 Å². The second-order valence-corrected chi connectivity index (χ2v) is 6.98. The Morgan fingerprint density at radius 1 is 1.28 bits per heavy atom. The molecular weight excluding hydrogens is 242 g/mol. The summed E-state index contributed by atoms with van der Waals surface area (Å²) in [5.74, 6) is 0. The van der Waals surface area contributed by atoms with Gasteiger partial charge in [0.1, 0.15) is 0 Å². The molecule has 1 aromatic heterocycles. The number of rotatable bonds is 7. The molecule has 0 atom stereocenters. The van der Waals surface area contributed by atoms with Gasteiger partial charge in [-0.05, 0) is 33.6 Å². The fourth-order valence-corrected chi connectivity index (χ4v) is 2.64. The Morgan fingerprint density at radius 2 is 2.00 bits per heavy atom. The number of thiazole rings is 1. The van der Waals surface area contributed by atoms with Crippen molar-refractivity contribution in [2.45, 2.75) is 39.0 Å². The Morgan fingerprint density at radius 3 is 2.56 bits per heavy atom. The number of nitrogens with zero attached hydrogens (tertiary/aromatic N) is 2. The van der Waals surface area contributed by atoms with Crippen molar-refractivity contribution in [2.75, 3.05) is 33.7 Å². The van der Waals surface area contributed by atoms with Gasteiger partial charge in [-0.3, -0.25) is 0 Å². The fraction of sp³-hybridized carbons (Fsp3) is 0.786. The van der Waals surface area contributed by atoms with Crippen molar-refractivity contribution < 1.29 is 0 Å². The molecule has 1 rings (SSSR count). The third-order valence-electron chi connectivity index (χ3n) is 2.79. The zero-order valence-corrected chi connectivity index (χ0v) is 13.2. The Kier molecular flexibility index (Phi) is 6.26.